The van der Waals surface area contributed by atoms with E-state index in [9.17, 15) is 9.90 Å². The first-order valence-electron chi connectivity index (χ1n) is 8.19. The number of aliphatic carboxylic acids is 1. The molecule has 0 aromatic carbocycles. The Hall–Kier alpha value is -0.650. The van der Waals surface area contributed by atoms with E-state index in [1.54, 1.807) is 0 Å². The second-order valence-corrected chi connectivity index (χ2v) is 5.44. The van der Waals surface area contributed by atoms with Crippen molar-refractivity contribution < 1.29 is 24.5 Å². The van der Waals surface area contributed by atoms with Gasteiger partial charge in [-0.3, -0.25) is 4.79 Å². The molecule has 2 N–H and O–H groups in total. The van der Waals surface area contributed by atoms with E-state index in [1.807, 2.05) is 0 Å². The Bertz CT molecular complexity index is 245. The summed E-state index contributed by atoms with van der Waals surface area (Å²) in [7, 11) is 0. The molecule has 0 aliphatic heterocycles. The number of carboxylic acids is 1. The molecule has 0 aromatic rings. The van der Waals surface area contributed by atoms with Crippen LogP contribution >= 0.6 is 0 Å². The maximum Gasteiger partial charge on any atom is 0.305 e. The molecule has 126 valence electrons. The average Bonchev–Trinajstić information content (AvgIpc) is 2.46. The van der Waals surface area contributed by atoms with Gasteiger partial charge in [0.05, 0.1) is 32.3 Å². The number of hydrogen-bond donors (Lipinski definition) is 2. The molecule has 5 heteroatoms. The predicted octanol–water partition coefficient (Wildman–Crippen LogP) is 2.99. The van der Waals surface area contributed by atoms with Gasteiger partial charge in [0.15, 0.2) is 0 Å². The van der Waals surface area contributed by atoms with Crippen LogP contribution < -0.4 is 0 Å². The molecule has 2 atom stereocenters. The molecular weight excluding hydrogens is 272 g/mol. The molecule has 0 aromatic heterocycles. The van der Waals surface area contributed by atoms with E-state index in [0.29, 0.717) is 0 Å². The zero-order valence-corrected chi connectivity index (χ0v) is 13.6. The third-order valence-electron chi connectivity index (χ3n) is 3.38. The number of aliphatic hydroxyl groups excluding tert-OH is 1. The van der Waals surface area contributed by atoms with Crippen LogP contribution in [0.15, 0.2) is 0 Å². The van der Waals surface area contributed by atoms with Gasteiger partial charge in [-0.05, 0) is 12.8 Å². The van der Waals surface area contributed by atoms with Crippen molar-refractivity contribution in [2.24, 2.45) is 0 Å². The fourth-order valence-electron chi connectivity index (χ4n) is 2.05. The molecule has 0 radical (unpaired) electrons. The van der Waals surface area contributed by atoms with Gasteiger partial charge in [-0.15, -0.1) is 0 Å². The van der Waals surface area contributed by atoms with Crippen molar-refractivity contribution in [2.75, 3.05) is 19.8 Å². The van der Waals surface area contributed by atoms with E-state index in [2.05, 4.69) is 13.8 Å². The first-order chi connectivity index (χ1) is 10.1. The molecule has 2 unspecified atom stereocenters. The lowest BCUT2D eigenvalue weighted by Gasteiger charge is -2.18. The van der Waals surface area contributed by atoms with Crippen LogP contribution in [0.2, 0.25) is 0 Å². The molecule has 0 amide bonds. The van der Waals surface area contributed by atoms with Crippen molar-refractivity contribution in [1.82, 2.24) is 0 Å². The van der Waals surface area contributed by atoms with Gasteiger partial charge in [0.2, 0.25) is 0 Å². The predicted molar refractivity (Wildman–Crippen MR) is 82.5 cm³/mol. The molecule has 5 nitrogen and oxygen atoms in total. The van der Waals surface area contributed by atoms with Crippen LogP contribution in [-0.4, -0.2) is 48.2 Å². The fourth-order valence-corrected chi connectivity index (χ4v) is 2.05. The third-order valence-corrected chi connectivity index (χ3v) is 3.38. The SMILES string of the molecule is CCCCCCCC(CC)OCC(O)COCCC(=O)O. The standard InChI is InChI=1S/C16H32O5/c1-3-5-6-7-8-9-15(4-2)21-13-14(17)12-20-11-10-16(18)19/h14-15,17H,3-13H2,1-2H3,(H,18,19). The number of carbonyl (C=O) groups is 1. The van der Waals surface area contributed by atoms with Crippen LogP contribution in [0, 0.1) is 0 Å². The van der Waals surface area contributed by atoms with Gasteiger partial charge < -0.3 is 19.7 Å². The smallest absolute Gasteiger partial charge is 0.305 e. The van der Waals surface area contributed by atoms with Crippen LogP contribution in [0.5, 0.6) is 0 Å². The fraction of sp³-hybridized carbons (Fsp3) is 0.938. The van der Waals surface area contributed by atoms with Gasteiger partial charge in [0.1, 0.15) is 6.10 Å². The van der Waals surface area contributed by atoms with E-state index < -0.39 is 12.1 Å². The number of ether oxygens (including phenoxy) is 2. The third kappa shape index (κ3) is 14.1. The molecule has 0 bridgehead atoms. The molecule has 0 heterocycles. The van der Waals surface area contributed by atoms with Gasteiger partial charge >= 0.3 is 5.97 Å². The molecule has 0 aliphatic carbocycles. The molecule has 21 heavy (non-hydrogen) atoms. The van der Waals surface area contributed by atoms with Crippen molar-refractivity contribution in [3.63, 3.8) is 0 Å². The highest BCUT2D eigenvalue weighted by atomic mass is 16.5. The summed E-state index contributed by atoms with van der Waals surface area (Å²) in [6.07, 6.45) is 7.70. The van der Waals surface area contributed by atoms with Crippen molar-refractivity contribution in [3.05, 3.63) is 0 Å². The molecular formula is C16H32O5. The number of rotatable bonds is 15. The van der Waals surface area contributed by atoms with Gasteiger partial charge in [0.25, 0.3) is 0 Å². The van der Waals surface area contributed by atoms with Gasteiger partial charge in [0, 0.05) is 0 Å². The Morgan fingerprint density at radius 2 is 1.81 bits per heavy atom. The van der Waals surface area contributed by atoms with Gasteiger partial charge in [-0.2, -0.15) is 0 Å². The molecule has 0 spiro atoms. The van der Waals surface area contributed by atoms with Crippen LogP contribution in [0.25, 0.3) is 0 Å². The van der Waals surface area contributed by atoms with Crippen molar-refractivity contribution in [2.45, 2.75) is 77.4 Å². The zero-order chi connectivity index (χ0) is 15.9. The Balaban J connectivity index is 3.57. The lowest BCUT2D eigenvalue weighted by Crippen LogP contribution is -2.26. The van der Waals surface area contributed by atoms with E-state index in [0.717, 1.165) is 12.8 Å². The maximum atomic E-state index is 10.3. The Morgan fingerprint density at radius 3 is 2.43 bits per heavy atom. The molecule has 0 rings (SSSR count). The van der Waals surface area contributed by atoms with E-state index in [1.165, 1.54) is 32.1 Å². The van der Waals surface area contributed by atoms with E-state index >= 15 is 0 Å². The lowest BCUT2D eigenvalue weighted by molar-refractivity contribution is -0.138. The Kier molecular flexibility index (Phi) is 13.9. The first-order valence-corrected chi connectivity index (χ1v) is 8.19. The minimum absolute atomic E-state index is 0.0388. The number of unbranched alkanes of at least 4 members (excludes halogenated alkanes) is 4. The highest BCUT2D eigenvalue weighted by Crippen LogP contribution is 2.12. The van der Waals surface area contributed by atoms with E-state index in [-0.39, 0.29) is 32.3 Å². The summed E-state index contributed by atoms with van der Waals surface area (Å²) in [5, 5.41) is 18.2. The summed E-state index contributed by atoms with van der Waals surface area (Å²) in [5.41, 5.74) is 0. The van der Waals surface area contributed by atoms with Crippen molar-refractivity contribution in [1.29, 1.82) is 0 Å². The summed E-state index contributed by atoms with van der Waals surface area (Å²) >= 11 is 0. The lowest BCUT2D eigenvalue weighted by atomic mass is 10.1. The van der Waals surface area contributed by atoms with Gasteiger partial charge in [-0.25, -0.2) is 0 Å². The van der Waals surface area contributed by atoms with E-state index in [4.69, 9.17) is 14.6 Å². The highest BCUT2D eigenvalue weighted by Gasteiger charge is 2.11. The number of aliphatic hydroxyl groups is 1. The second kappa shape index (κ2) is 14.3. The van der Waals surface area contributed by atoms with Crippen molar-refractivity contribution >= 4 is 5.97 Å². The normalized spacial score (nSPS) is 14.0. The second-order valence-electron chi connectivity index (χ2n) is 5.44. The Morgan fingerprint density at radius 1 is 1.10 bits per heavy atom. The maximum absolute atomic E-state index is 10.3. The van der Waals surface area contributed by atoms with Crippen LogP contribution in [0.4, 0.5) is 0 Å². The minimum atomic E-state index is -0.894. The quantitative estimate of drug-likeness (QED) is 0.455. The summed E-state index contributed by atoms with van der Waals surface area (Å²) in [4.78, 5) is 10.3. The summed E-state index contributed by atoms with van der Waals surface area (Å²) in [6, 6.07) is 0. The molecule has 0 aliphatic rings. The number of hydrogen-bond acceptors (Lipinski definition) is 4. The number of carboxylic acid groups (broad SMARTS) is 1. The highest BCUT2D eigenvalue weighted by molar-refractivity contribution is 5.66. The van der Waals surface area contributed by atoms with Crippen molar-refractivity contribution in [3.8, 4) is 0 Å². The molecule has 0 fully saturated rings. The van der Waals surface area contributed by atoms with Crippen LogP contribution in [-0.2, 0) is 14.3 Å². The summed E-state index contributed by atoms with van der Waals surface area (Å²) < 4.78 is 10.8. The summed E-state index contributed by atoms with van der Waals surface area (Å²) in [6.45, 7) is 4.80. The van der Waals surface area contributed by atoms with Gasteiger partial charge in [-0.1, -0.05) is 46.0 Å². The monoisotopic (exact) mass is 304 g/mol. The first kappa shape index (κ1) is 20.3. The van der Waals surface area contributed by atoms with Crippen LogP contribution in [0.1, 0.15) is 65.2 Å². The largest absolute Gasteiger partial charge is 0.481 e. The average molecular weight is 304 g/mol. The molecule has 0 saturated heterocycles. The minimum Gasteiger partial charge on any atom is -0.481 e. The summed E-state index contributed by atoms with van der Waals surface area (Å²) in [5.74, 6) is -0.894. The zero-order valence-electron chi connectivity index (χ0n) is 13.6. The Labute approximate surface area is 128 Å². The molecule has 0 saturated carbocycles. The topological polar surface area (TPSA) is 76.0 Å². The van der Waals surface area contributed by atoms with Crippen LogP contribution in [0.3, 0.4) is 0 Å².